The lowest BCUT2D eigenvalue weighted by Gasteiger charge is -2.15. The Bertz CT molecular complexity index is 680. The molecule has 2 aromatic carbocycles. The zero-order chi connectivity index (χ0) is 15.5. The number of hydrogen-bond donors (Lipinski definition) is 2. The summed E-state index contributed by atoms with van der Waals surface area (Å²) in [6, 6.07) is 14.0. The van der Waals surface area contributed by atoms with Crippen LogP contribution in [-0.4, -0.2) is 22.8 Å². The van der Waals surface area contributed by atoms with Gasteiger partial charge in [-0.15, -0.1) is 0 Å². The van der Waals surface area contributed by atoms with Crippen molar-refractivity contribution in [1.82, 2.24) is 0 Å². The van der Waals surface area contributed by atoms with Gasteiger partial charge in [0.2, 0.25) is 0 Å². The quantitative estimate of drug-likeness (QED) is 0.852. The molecule has 114 valence electrons. The van der Waals surface area contributed by atoms with Gasteiger partial charge in [0.1, 0.15) is 11.5 Å². The highest BCUT2D eigenvalue weighted by Gasteiger charge is 2.36. The topological polar surface area (TPSA) is 66.8 Å². The molecule has 1 heterocycles. The first-order valence-corrected chi connectivity index (χ1v) is 7.34. The van der Waals surface area contributed by atoms with Crippen LogP contribution in [0.2, 0.25) is 0 Å². The van der Waals surface area contributed by atoms with E-state index in [0.717, 1.165) is 11.1 Å². The molecular formula is C18H18O4. The second kappa shape index (κ2) is 6.10. The first kappa shape index (κ1) is 14.4. The van der Waals surface area contributed by atoms with E-state index in [1.54, 1.807) is 36.4 Å². The third-order valence-corrected chi connectivity index (χ3v) is 4.09. The maximum atomic E-state index is 12.0. The van der Waals surface area contributed by atoms with Crippen molar-refractivity contribution in [2.45, 2.75) is 12.8 Å². The van der Waals surface area contributed by atoms with Crippen LogP contribution in [0.3, 0.4) is 0 Å². The summed E-state index contributed by atoms with van der Waals surface area (Å²) in [7, 11) is 0. The molecule has 2 N–H and O–H groups in total. The summed E-state index contributed by atoms with van der Waals surface area (Å²) in [4.78, 5) is 12.0. The molecule has 3 rings (SSSR count). The molecule has 4 heteroatoms. The number of benzene rings is 2. The van der Waals surface area contributed by atoms with Gasteiger partial charge in [-0.1, -0.05) is 24.3 Å². The number of carbonyl (C=O) groups is 1. The molecule has 1 aliphatic heterocycles. The van der Waals surface area contributed by atoms with E-state index >= 15 is 0 Å². The first-order valence-electron chi connectivity index (χ1n) is 7.34. The van der Waals surface area contributed by atoms with E-state index in [1.165, 1.54) is 0 Å². The molecule has 1 saturated heterocycles. The van der Waals surface area contributed by atoms with Crippen LogP contribution in [0.15, 0.2) is 48.5 Å². The van der Waals surface area contributed by atoms with E-state index in [1.807, 2.05) is 12.1 Å². The Morgan fingerprint density at radius 1 is 0.955 bits per heavy atom. The molecule has 1 fully saturated rings. The Kier molecular flexibility index (Phi) is 4.00. The maximum Gasteiger partial charge on any atom is 0.309 e. The summed E-state index contributed by atoms with van der Waals surface area (Å²) in [5.41, 5.74) is 1.91. The molecule has 1 aliphatic rings. The predicted octanol–water partition coefficient (Wildman–Crippen LogP) is 2.67. The maximum absolute atomic E-state index is 12.0. The van der Waals surface area contributed by atoms with Gasteiger partial charge in [0.15, 0.2) is 0 Å². The Hall–Kier alpha value is -2.49. The second-order valence-corrected chi connectivity index (χ2v) is 5.74. The third kappa shape index (κ3) is 3.22. The minimum Gasteiger partial charge on any atom is -0.508 e. The fraction of sp³-hybridized carbons (Fsp3) is 0.278. The average molecular weight is 298 g/mol. The van der Waals surface area contributed by atoms with Crippen molar-refractivity contribution in [3.05, 3.63) is 59.7 Å². The summed E-state index contributed by atoms with van der Waals surface area (Å²) < 4.78 is 5.22. The van der Waals surface area contributed by atoms with Crippen molar-refractivity contribution < 1.29 is 19.7 Å². The first-order chi connectivity index (χ1) is 10.6. The fourth-order valence-corrected chi connectivity index (χ4v) is 2.98. The van der Waals surface area contributed by atoms with Gasteiger partial charge in [0.25, 0.3) is 0 Å². The van der Waals surface area contributed by atoms with Gasteiger partial charge in [0.05, 0.1) is 12.5 Å². The zero-order valence-corrected chi connectivity index (χ0v) is 12.1. The molecule has 0 spiro atoms. The molecule has 22 heavy (non-hydrogen) atoms. The molecule has 4 nitrogen and oxygen atoms in total. The normalized spacial score (nSPS) is 20.8. The molecule has 1 unspecified atom stereocenters. The van der Waals surface area contributed by atoms with Crippen molar-refractivity contribution in [1.29, 1.82) is 0 Å². The van der Waals surface area contributed by atoms with Crippen LogP contribution in [0.1, 0.15) is 11.1 Å². The highest BCUT2D eigenvalue weighted by atomic mass is 16.5. The molecular weight excluding hydrogens is 280 g/mol. The summed E-state index contributed by atoms with van der Waals surface area (Å²) >= 11 is 0. The van der Waals surface area contributed by atoms with Crippen LogP contribution < -0.4 is 0 Å². The molecule has 0 aliphatic carbocycles. The highest BCUT2D eigenvalue weighted by Crippen LogP contribution is 2.30. The van der Waals surface area contributed by atoms with Gasteiger partial charge < -0.3 is 14.9 Å². The highest BCUT2D eigenvalue weighted by molar-refractivity contribution is 5.75. The average Bonchev–Trinajstić information content (AvgIpc) is 2.80. The molecule has 2 aromatic rings. The lowest BCUT2D eigenvalue weighted by atomic mass is 9.85. The summed E-state index contributed by atoms with van der Waals surface area (Å²) in [5.74, 6) is 0.106. The van der Waals surface area contributed by atoms with Crippen molar-refractivity contribution in [3.8, 4) is 11.5 Å². The molecule has 2 atom stereocenters. The van der Waals surface area contributed by atoms with E-state index in [2.05, 4.69) is 0 Å². The van der Waals surface area contributed by atoms with Crippen molar-refractivity contribution >= 4 is 5.97 Å². The Labute approximate surface area is 129 Å². The van der Waals surface area contributed by atoms with Crippen molar-refractivity contribution in [3.63, 3.8) is 0 Å². The van der Waals surface area contributed by atoms with Crippen LogP contribution in [0.4, 0.5) is 0 Å². The molecule has 0 radical (unpaired) electrons. The van der Waals surface area contributed by atoms with Gasteiger partial charge in [-0.25, -0.2) is 0 Å². The lowest BCUT2D eigenvalue weighted by Crippen LogP contribution is -2.20. The minimum absolute atomic E-state index is 0.0802. The minimum atomic E-state index is -0.218. The van der Waals surface area contributed by atoms with Crippen LogP contribution in [0, 0.1) is 11.8 Å². The van der Waals surface area contributed by atoms with Gasteiger partial charge in [-0.2, -0.15) is 0 Å². The zero-order valence-electron chi connectivity index (χ0n) is 12.1. The number of hydrogen-bond acceptors (Lipinski definition) is 4. The van der Waals surface area contributed by atoms with Gasteiger partial charge >= 0.3 is 5.97 Å². The van der Waals surface area contributed by atoms with Crippen LogP contribution >= 0.6 is 0 Å². The molecule has 0 bridgehead atoms. The van der Waals surface area contributed by atoms with Crippen LogP contribution in [-0.2, 0) is 22.4 Å². The van der Waals surface area contributed by atoms with E-state index in [0.29, 0.717) is 19.4 Å². The fourth-order valence-electron chi connectivity index (χ4n) is 2.98. The van der Waals surface area contributed by atoms with E-state index < -0.39 is 0 Å². The number of phenolic OH excluding ortho intramolecular Hbond substituents is 2. The van der Waals surface area contributed by atoms with Crippen LogP contribution in [0.25, 0.3) is 0 Å². The predicted molar refractivity (Wildman–Crippen MR) is 81.6 cm³/mol. The Balaban J connectivity index is 1.74. The SMILES string of the molecule is O=C1OC[C@@H](Cc2cccc(O)c2)C1Cc1cccc(O)c1. The smallest absolute Gasteiger partial charge is 0.309 e. The Morgan fingerprint density at radius 2 is 1.55 bits per heavy atom. The summed E-state index contributed by atoms with van der Waals surface area (Å²) in [6.07, 6.45) is 1.24. The van der Waals surface area contributed by atoms with Crippen LogP contribution in [0.5, 0.6) is 11.5 Å². The lowest BCUT2D eigenvalue weighted by molar-refractivity contribution is -0.141. The number of esters is 1. The number of phenols is 2. The van der Waals surface area contributed by atoms with Gasteiger partial charge in [-0.3, -0.25) is 4.79 Å². The largest absolute Gasteiger partial charge is 0.508 e. The standard InChI is InChI=1S/C18H18O4/c19-15-5-1-3-12(8-15)7-14-11-22-18(21)17(14)10-13-4-2-6-16(20)9-13/h1-6,8-9,14,17,19-20H,7,10-11H2/t14-,17?/m1/s1. The number of aromatic hydroxyl groups is 2. The van der Waals surface area contributed by atoms with Gasteiger partial charge in [-0.05, 0) is 48.2 Å². The Morgan fingerprint density at radius 3 is 2.14 bits per heavy atom. The molecule has 0 amide bonds. The number of carbonyl (C=O) groups excluding carboxylic acids is 1. The molecule has 0 aromatic heterocycles. The number of ether oxygens (including phenoxy) is 1. The van der Waals surface area contributed by atoms with Crippen molar-refractivity contribution in [2.75, 3.05) is 6.61 Å². The van der Waals surface area contributed by atoms with E-state index in [-0.39, 0.29) is 29.3 Å². The van der Waals surface area contributed by atoms with E-state index in [9.17, 15) is 15.0 Å². The van der Waals surface area contributed by atoms with E-state index in [4.69, 9.17) is 4.74 Å². The number of rotatable bonds is 4. The third-order valence-electron chi connectivity index (χ3n) is 4.09. The van der Waals surface area contributed by atoms with Gasteiger partial charge in [0, 0.05) is 5.92 Å². The second-order valence-electron chi connectivity index (χ2n) is 5.74. The summed E-state index contributed by atoms with van der Waals surface area (Å²) in [5, 5.41) is 19.1. The monoisotopic (exact) mass is 298 g/mol. The summed E-state index contributed by atoms with van der Waals surface area (Å²) in [6.45, 7) is 0.401. The molecule has 0 saturated carbocycles. The van der Waals surface area contributed by atoms with Crippen molar-refractivity contribution in [2.24, 2.45) is 11.8 Å². The number of cyclic esters (lactones) is 1.